The Hall–Kier alpha value is -1.75. The minimum atomic E-state index is -1.53. The Morgan fingerprint density at radius 1 is 1.00 bits per heavy atom. The van der Waals surface area contributed by atoms with E-state index in [1.807, 2.05) is 0 Å². The molecule has 0 aliphatic carbocycles. The van der Waals surface area contributed by atoms with Gasteiger partial charge in [0.25, 0.3) is 0 Å². The van der Waals surface area contributed by atoms with Crippen LogP contribution in [0.2, 0.25) is 0 Å². The van der Waals surface area contributed by atoms with Crippen LogP contribution in [0.4, 0.5) is 0 Å². The first-order valence-electron chi connectivity index (χ1n) is 7.52. The molecule has 0 amide bonds. The van der Waals surface area contributed by atoms with E-state index >= 15 is 0 Å². The second-order valence-electron chi connectivity index (χ2n) is 6.52. The lowest BCUT2D eigenvalue weighted by Crippen LogP contribution is -2.44. The number of aliphatic hydroxyl groups excluding tert-OH is 3. The van der Waals surface area contributed by atoms with Gasteiger partial charge in [-0.1, -0.05) is 0 Å². The fourth-order valence-corrected chi connectivity index (χ4v) is 1.70. The van der Waals surface area contributed by atoms with Gasteiger partial charge in [-0.15, -0.1) is 0 Å². The van der Waals surface area contributed by atoms with Crippen LogP contribution in [-0.4, -0.2) is 85.6 Å². The monoisotopic (exact) mass is 364 g/mol. The number of hydrogen-bond donors (Lipinski definition) is 3. The Morgan fingerprint density at radius 3 is 1.92 bits per heavy atom. The Labute approximate surface area is 144 Å². The molecular formula is C15H24O10. The van der Waals surface area contributed by atoms with Crippen molar-refractivity contribution in [3.05, 3.63) is 0 Å². The van der Waals surface area contributed by atoms with Crippen molar-refractivity contribution in [2.24, 2.45) is 10.8 Å². The van der Waals surface area contributed by atoms with E-state index in [-0.39, 0.29) is 6.61 Å². The van der Waals surface area contributed by atoms with Gasteiger partial charge in [0, 0.05) is 0 Å². The molecular weight excluding hydrogens is 340 g/mol. The van der Waals surface area contributed by atoms with Gasteiger partial charge in [0.15, 0.2) is 0 Å². The number of rotatable bonds is 10. The summed E-state index contributed by atoms with van der Waals surface area (Å²) in [5, 5.41) is 27.5. The maximum Gasteiger partial charge on any atom is 0.343 e. The molecule has 0 radical (unpaired) electrons. The Kier molecular flexibility index (Phi) is 6.89. The first kappa shape index (κ1) is 21.3. The Bertz CT molecular complexity index is 508. The average molecular weight is 364 g/mol. The molecule has 10 heteroatoms. The van der Waals surface area contributed by atoms with Crippen LogP contribution >= 0.6 is 0 Å². The summed E-state index contributed by atoms with van der Waals surface area (Å²) in [5.41, 5.74) is -4.45. The summed E-state index contributed by atoms with van der Waals surface area (Å²) in [5.74, 6) is -2.55. The third-order valence-electron chi connectivity index (χ3n) is 4.03. The van der Waals surface area contributed by atoms with Crippen LogP contribution in [0.25, 0.3) is 0 Å². The number of aliphatic hydroxyl groups is 3. The summed E-state index contributed by atoms with van der Waals surface area (Å²) in [6, 6.07) is 0. The topological polar surface area (TPSA) is 152 Å². The number of hydrogen-bond acceptors (Lipinski definition) is 10. The summed E-state index contributed by atoms with van der Waals surface area (Å²) in [7, 11) is 1.12. The van der Waals surface area contributed by atoms with Crippen molar-refractivity contribution in [2.45, 2.75) is 19.4 Å². The highest BCUT2D eigenvalue weighted by atomic mass is 16.7. The normalized spacial score (nSPS) is 21.8. The molecule has 0 aromatic carbocycles. The fourth-order valence-electron chi connectivity index (χ4n) is 1.70. The molecule has 1 rings (SSSR count). The minimum absolute atomic E-state index is 0.0115. The highest BCUT2D eigenvalue weighted by molar-refractivity contribution is 5.83. The van der Waals surface area contributed by atoms with E-state index in [0.717, 1.165) is 7.11 Å². The van der Waals surface area contributed by atoms with Crippen LogP contribution in [0.15, 0.2) is 0 Å². The Morgan fingerprint density at radius 2 is 1.52 bits per heavy atom. The number of esters is 3. The predicted octanol–water partition coefficient (Wildman–Crippen LogP) is -2.00. The van der Waals surface area contributed by atoms with Crippen molar-refractivity contribution >= 4 is 17.9 Å². The number of ether oxygens (including phenoxy) is 4. The van der Waals surface area contributed by atoms with Crippen LogP contribution in [0.5, 0.6) is 0 Å². The maximum atomic E-state index is 12.0. The van der Waals surface area contributed by atoms with Crippen molar-refractivity contribution in [3.8, 4) is 0 Å². The van der Waals surface area contributed by atoms with E-state index in [1.54, 1.807) is 0 Å². The molecule has 0 spiro atoms. The molecule has 1 fully saturated rings. The molecule has 1 aliphatic rings. The molecule has 10 nitrogen and oxygen atoms in total. The molecule has 0 bridgehead atoms. The summed E-state index contributed by atoms with van der Waals surface area (Å²) >= 11 is 0. The van der Waals surface area contributed by atoms with Crippen LogP contribution in [-0.2, 0) is 33.3 Å². The van der Waals surface area contributed by atoms with E-state index < -0.39 is 67.4 Å². The van der Waals surface area contributed by atoms with E-state index in [4.69, 9.17) is 19.3 Å². The van der Waals surface area contributed by atoms with Crippen LogP contribution < -0.4 is 0 Å². The molecule has 1 aliphatic heterocycles. The maximum absolute atomic E-state index is 12.0. The molecule has 0 aromatic heterocycles. The molecule has 1 saturated heterocycles. The van der Waals surface area contributed by atoms with Crippen molar-refractivity contribution in [1.82, 2.24) is 0 Å². The van der Waals surface area contributed by atoms with Crippen molar-refractivity contribution in [1.29, 1.82) is 0 Å². The first-order valence-corrected chi connectivity index (χ1v) is 7.52. The van der Waals surface area contributed by atoms with E-state index in [1.165, 1.54) is 13.8 Å². The largest absolute Gasteiger partial charge is 0.468 e. The lowest BCUT2D eigenvalue weighted by Gasteiger charge is -2.29. The summed E-state index contributed by atoms with van der Waals surface area (Å²) in [4.78, 5) is 35.9. The molecule has 0 saturated carbocycles. The second-order valence-corrected chi connectivity index (χ2v) is 6.52. The molecule has 144 valence electrons. The molecule has 1 heterocycles. The van der Waals surface area contributed by atoms with Crippen molar-refractivity contribution in [3.63, 3.8) is 0 Å². The minimum Gasteiger partial charge on any atom is -0.468 e. The van der Waals surface area contributed by atoms with Gasteiger partial charge in [0.1, 0.15) is 24.0 Å². The zero-order valence-electron chi connectivity index (χ0n) is 14.4. The highest BCUT2D eigenvalue weighted by Crippen LogP contribution is 2.29. The summed E-state index contributed by atoms with van der Waals surface area (Å²) < 4.78 is 19.5. The molecule has 2 atom stereocenters. The third-order valence-corrected chi connectivity index (χ3v) is 4.03. The summed E-state index contributed by atoms with van der Waals surface area (Å²) in [6.45, 7) is -0.182. The average Bonchev–Trinajstić information content (AvgIpc) is 3.43. The fraction of sp³-hybridized carbons (Fsp3) is 0.800. The van der Waals surface area contributed by atoms with Gasteiger partial charge >= 0.3 is 17.9 Å². The van der Waals surface area contributed by atoms with Gasteiger partial charge in [0.05, 0.1) is 33.5 Å². The quantitative estimate of drug-likeness (QED) is 0.225. The van der Waals surface area contributed by atoms with Crippen LogP contribution in [0, 0.1) is 10.8 Å². The molecule has 3 N–H and O–H groups in total. The van der Waals surface area contributed by atoms with Gasteiger partial charge in [-0.05, 0) is 13.8 Å². The van der Waals surface area contributed by atoms with Gasteiger partial charge in [0.2, 0.25) is 5.60 Å². The SMILES string of the molecule is COC(=O)C(C)(COC(=O)C(C)(CO)CO)COC(=O)C1(CO)CO1. The van der Waals surface area contributed by atoms with Gasteiger partial charge in [-0.25, -0.2) is 4.79 Å². The summed E-state index contributed by atoms with van der Waals surface area (Å²) in [6.07, 6.45) is 0. The van der Waals surface area contributed by atoms with Gasteiger partial charge in [-0.2, -0.15) is 0 Å². The first-order chi connectivity index (χ1) is 11.6. The van der Waals surface area contributed by atoms with Gasteiger partial charge < -0.3 is 34.3 Å². The van der Waals surface area contributed by atoms with E-state index in [0.29, 0.717) is 0 Å². The lowest BCUT2D eigenvalue weighted by molar-refractivity contribution is -0.175. The zero-order chi connectivity index (χ0) is 19.3. The number of carbonyl (C=O) groups excluding carboxylic acids is 3. The highest BCUT2D eigenvalue weighted by Gasteiger charge is 2.54. The Balaban J connectivity index is 2.74. The number of epoxide rings is 1. The standard InChI is InChI=1S/C15H24O10/c1-13(4-16,5-17)11(20)23-7-14(2,10(19)22-3)8-24-12(21)15(6-18)9-25-15/h16-18H,4-9H2,1-3H3. The predicted molar refractivity (Wildman–Crippen MR) is 80.1 cm³/mol. The zero-order valence-corrected chi connectivity index (χ0v) is 14.4. The third kappa shape index (κ3) is 4.66. The van der Waals surface area contributed by atoms with Crippen molar-refractivity contribution < 1.29 is 48.7 Å². The second kappa shape index (κ2) is 8.09. The number of methoxy groups -OCH3 is 1. The van der Waals surface area contributed by atoms with Crippen LogP contribution in [0.1, 0.15) is 13.8 Å². The smallest absolute Gasteiger partial charge is 0.343 e. The van der Waals surface area contributed by atoms with Crippen LogP contribution in [0.3, 0.4) is 0 Å². The van der Waals surface area contributed by atoms with Crippen molar-refractivity contribution in [2.75, 3.05) is 46.8 Å². The lowest BCUT2D eigenvalue weighted by atomic mass is 9.91. The van der Waals surface area contributed by atoms with E-state index in [2.05, 4.69) is 4.74 Å². The molecule has 2 unspecified atom stereocenters. The molecule has 25 heavy (non-hydrogen) atoms. The number of carbonyl (C=O) groups is 3. The molecule has 0 aromatic rings. The van der Waals surface area contributed by atoms with E-state index in [9.17, 15) is 24.6 Å². The van der Waals surface area contributed by atoms with Gasteiger partial charge in [-0.3, -0.25) is 9.59 Å².